The fraction of sp³-hybridized carbons (Fsp3) is 0.318. The molecule has 0 aliphatic carbocycles. The van der Waals surface area contributed by atoms with E-state index >= 15 is 0 Å². The van der Waals surface area contributed by atoms with Crippen molar-refractivity contribution in [3.05, 3.63) is 65.7 Å². The van der Waals surface area contributed by atoms with Gasteiger partial charge in [0.25, 0.3) is 0 Å². The summed E-state index contributed by atoms with van der Waals surface area (Å²) >= 11 is 0. The summed E-state index contributed by atoms with van der Waals surface area (Å²) in [5, 5.41) is 3.03. The van der Waals surface area contributed by atoms with E-state index in [1.165, 1.54) is 5.69 Å². The number of amides is 1. The zero-order valence-electron chi connectivity index (χ0n) is 15.9. The number of carbonyl (C=O) groups excluding carboxylic acids is 1. The first-order valence-corrected chi connectivity index (χ1v) is 9.21. The lowest BCUT2D eigenvalue weighted by Gasteiger charge is -2.29. The molecule has 1 N–H and O–H groups in total. The molecule has 1 aliphatic heterocycles. The molecular formula is C22H26N2O3. The van der Waals surface area contributed by atoms with Gasteiger partial charge in [-0.1, -0.05) is 24.3 Å². The molecule has 2 aromatic carbocycles. The maximum absolute atomic E-state index is 12.3. The summed E-state index contributed by atoms with van der Waals surface area (Å²) in [5.41, 5.74) is 3.21. The summed E-state index contributed by atoms with van der Waals surface area (Å²) in [6, 6.07) is 15.8. The van der Waals surface area contributed by atoms with E-state index in [0.717, 1.165) is 43.2 Å². The van der Waals surface area contributed by atoms with Gasteiger partial charge in [-0.2, -0.15) is 0 Å². The van der Waals surface area contributed by atoms with Crippen molar-refractivity contribution in [3.8, 4) is 5.75 Å². The van der Waals surface area contributed by atoms with Crippen molar-refractivity contribution >= 4 is 17.7 Å². The number of ether oxygens (including phenoxy) is 2. The first-order chi connectivity index (χ1) is 13.2. The zero-order valence-corrected chi connectivity index (χ0v) is 15.9. The minimum Gasteiger partial charge on any atom is -0.497 e. The summed E-state index contributed by atoms with van der Waals surface area (Å²) in [7, 11) is 1.63. The Hall–Kier alpha value is -2.79. The number of carbonyl (C=O) groups is 1. The molecule has 0 bridgehead atoms. The first-order valence-electron chi connectivity index (χ1n) is 9.21. The molecule has 0 radical (unpaired) electrons. The molecule has 0 spiro atoms. The first kappa shape index (κ1) is 19.0. The van der Waals surface area contributed by atoms with E-state index in [0.29, 0.717) is 0 Å². The van der Waals surface area contributed by atoms with Crippen LogP contribution in [0.2, 0.25) is 0 Å². The van der Waals surface area contributed by atoms with Crippen LogP contribution in [0.4, 0.5) is 5.69 Å². The third-order valence-electron chi connectivity index (χ3n) is 4.65. The van der Waals surface area contributed by atoms with Crippen molar-refractivity contribution in [2.24, 2.45) is 0 Å². The number of methoxy groups -OCH3 is 1. The van der Waals surface area contributed by atoms with Gasteiger partial charge in [-0.05, 0) is 48.4 Å². The van der Waals surface area contributed by atoms with Crippen LogP contribution in [-0.2, 0) is 9.53 Å². The number of rotatable bonds is 6. The Morgan fingerprint density at radius 2 is 1.93 bits per heavy atom. The number of anilines is 1. The summed E-state index contributed by atoms with van der Waals surface area (Å²) in [6.07, 6.45) is 3.36. The van der Waals surface area contributed by atoms with Gasteiger partial charge in [0.2, 0.25) is 5.91 Å². The molecule has 1 heterocycles. The maximum Gasteiger partial charge on any atom is 0.244 e. The van der Waals surface area contributed by atoms with Crippen molar-refractivity contribution in [2.45, 2.75) is 13.0 Å². The van der Waals surface area contributed by atoms with E-state index < -0.39 is 0 Å². The van der Waals surface area contributed by atoms with E-state index in [9.17, 15) is 4.79 Å². The Labute approximate surface area is 160 Å². The predicted molar refractivity (Wildman–Crippen MR) is 108 cm³/mol. The van der Waals surface area contributed by atoms with Gasteiger partial charge in [0, 0.05) is 24.9 Å². The quantitative estimate of drug-likeness (QED) is 0.796. The highest BCUT2D eigenvalue weighted by Gasteiger charge is 2.13. The van der Waals surface area contributed by atoms with Crippen LogP contribution in [0.25, 0.3) is 6.08 Å². The highest BCUT2D eigenvalue weighted by atomic mass is 16.5. The van der Waals surface area contributed by atoms with Gasteiger partial charge in [-0.15, -0.1) is 0 Å². The van der Waals surface area contributed by atoms with Gasteiger partial charge in [0.15, 0.2) is 0 Å². The van der Waals surface area contributed by atoms with Crippen LogP contribution >= 0.6 is 0 Å². The Morgan fingerprint density at radius 1 is 1.19 bits per heavy atom. The Balaban J connectivity index is 1.59. The van der Waals surface area contributed by atoms with Crippen LogP contribution in [0.15, 0.2) is 54.6 Å². The lowest BCUT2D eigenvalue weighted by molar-refractivity contribution is -0.117. The Morgan fingerprint density at radius 3 is 2.63 bits per heavy atom. The van der Waals surface area contributed by atoms with E-state index in [-0.39, 0.29) is 11.9 Å². The second-order valence-electron chi connectivity index (χ2n) is 6.53. The summed E-state index contributed by atoms with van der Waals surface area (Å²) in [5.74, 6) is 0.681. The van der Waals surface area contributed by atoms with Crippen molar-refractivity contribution in [3.63, 3.8) is 0 Å². The highest BCUT2D eigenvalue weighted by molar-refractivity contribution is 5.92. The fourth-order valence-electron chi connectivity index (χ4n) is 3.04. The molecule has 0 saturated carbocycles. The van der Waals surface area contributed by atoms with E-state index in [2.05, 4.69) is 22.3 Å². The molecule has 142 valence electrons. The van der Waals surface area contributed by atoms with Gasteiger partial charge in [0.1, 0.15) is 5.75 Å². The van der Waals surface area contributed by atoms with Crippen LogP contribution in [0.3, 0.4) is 0 Å². The van der Waals surface area contributed by atoms with Crippen molar-refractivity contribution in [1.29, 1.82) is 0 Å². The van der Waals surface area contributed by atoms with Crippen LogP contribution in [0.1, 0.15) is 24.1 Å². The van der Waals surface area contributed by atoms with Crippen molar-refractivity contribution < 1.29 is 14.3 Å². The molecule has 27 heavy (non-hydrogen) atoms. The number of hydrogen-bond acceptors (Lipinski definition) is 4. The van der Waals surface area contributed by atoms with Gasteiger partial charge >= 0.3 is 0 Å². The molecule has 1 aliphatic rings. The van der Waals surface area contributed by atoms with E-state index in [4.69, 9.17) is 9.47 Å². The molecule has 1 saturated heterocycles. The normalized spacial score (nSPS) is 15.6. The highest BCUT2D eigenvalue weighted by Crippen LogP contribution is 2.21. The number of morpholine rings is 1. The lowest BCUT2D eigenvalue weighted by Crippen LogP contribution is -2.36. The van der Waals surface area contributed by atoms with Crippen molar-refractivity contribution in [2.75, 3.05) is 38.3 Å². The number of hydrogen-bond donors (Lipinski definition) is 1. The van der Waals surface area contributed by atoms with Crippen LogP contribution < -0.4 is 15.0 Å². The average molecular weight is 366 g/mol. The van der Waals surface area contributed by atoms with Gasteiger partial charge < -0.3 is 19.7 Å². The summed E-state index contributed by atoms with van der Waals surface area (Å²) < 4.78 is 10.6. The predicted octanol–water partition coefficient (Wildman–Crippen LogP) is 3.42. The lowest BCUT2D eigenvalue weighted by atomic mass is 10.1. The largest absolute Gasteiger partial charge is 0.497 e. The van der Waals surface area contributed by atoms with Crippen molar-refractivity contribution in [1.82, 2.24) is 5.32 Å². The van der Waals surface area contributed by atoms with E-state index in [1.807, 2.05) is 43.3 Å². The molecule has 3 rings (SSSR count). The van der Waals surface area contributed by atoms with E-state index in [1.54, 1.807) is 19.3 Å². The minimum absolute atomic E-state index is 0.0704. The van der Waals surface area contributed by atoms with Crippen LogP contribution in [0.5, 0.6) is 5.75 Å². The molecule has 5 heteroatoms. The second-order valence-corrected chi connectivity index (χ2v) is 6.53. The molecule has 2 aromatic rings. The monoisotopic (exact) mass is 366 g/mol. The second kappa shape index (κ2) is 9.24. The minimum atomic E-state index is -0.116. The van der Waals surface area contributed by atoms with Gasteiger partial charge in [-0.3, -0.25) is 4.79 Å². The molecule has 1 atom stereocenters. The molecule has 5 nitrogen and oxygen atoms in total. The molecule has 0 unspecified atom stereocenters. The standard InChI is InChI=1S/C22H26N2O3/c1-17(19-4-3-5-20(16-19)24-12-14-27-15-13-24)23-22(25)11-8-18-6-9-21(26-2)10-7-18/h3-11,16-17H,12-15H2,1-2H3,(H,23,25)/b11-8+/t17-/m0/s1. The smallest absolute Gasteiger partial charge is 0.244 e. The molecule has 1 fully saturated rings. The summed E-state index contributed by atoms with van der Waals surface area (Å²) in [4.78, 5) is 14.6. The Kier molecular flexibility index (Phi) is 6.49. The van der Waals surface area contributed by atoms with Crippen LogP contribution in [-0.4, -0.2) is 39.3 Å². The third-order valence-corrected chi connectivity index (χ3v) is 4.65. The molecule has 1 amide bonds. The molecule has 0 aromatic heterocycles. The number of nitrogens with one attached hydrogen (secondary N) is 1. The SMILES string of the molecule is COc1ccc(/C=C/C(=O)N[C@@H](C)c2cccc(N3CCOCC3)c2)cc1. The van der Waals surface area contributed by atoms with Gasteiger partial charge in [0.05, 0.1) is 26.4 Å². The maximum atomic E-state index is 12.3. The number of benzene rings is 2. The van der Waals surface area contributed by atoms with Gasteiger partial charge in [-0.25, -0.2) is 0 Å². The Bertz CT molecular complexity index is 780. The summed E-state index contributed by atoms with van der Waals surface area (Å²) in [6.45, 7) is 5.31. The zero-order chi connectivity index (χ0) is 19.1. The average Bonchev–Trinajstić information content (AvgIpc) is 2.73. The number of nitrogens with zero attached hydrogens (tertiary/aromatic N) is 1. The fourth-order valence-corrected chi connectivity index (χ4v) is 3.04. The third kappa shape index (κ3) is 5.34. The van der Waals surface area contributed by atoms with Crippen LogP contribution in [0, 0.1) is 0 Å². The topological polar surface area (TPSA) is 50.8 Å². The molecular weight excluding hydrogens is 340 g/mol.